The molecule has 3 aromatic rings. The lowest BCUT2D eigenvalue weighted by Gasteiger charge is -2.11. The zero-order valence-electron chi connectivity index (χ0n) is 11.2. The van der Waals surface area contributed by atoms with Gasteiger partial charge < -0.3 is 11.5 Å². The molecule has 4 N–H and O–H groups in total. The first-order valence-corrected chi connectivity index (χ1v) is 6.63. The van der Waals surface area contributed by atoms with Gasteiger partial charge in [-0.15, -0.1) is 0 Å². The minimum absolute atomic E-state index is 0.0773. The molecular formula is C15H12ClFN4. The summed E-state index contributed by atoms with van der Waals surface area (Å²) in [7, 11) is 0. The van der Waals surface area contributed by atoms with E-state index in [4.69, 9.17) is 23.1 Å². The van der Waals surface area contributed by atoms with E-state index in [1.807, 2.05) is 19.1 Å². The smallest absolute Gasteiger partial charge is 0.222 e. The summed E-state index contributed by atoms with van der Waals surface area (Å²) < 4.78 is 13.3. The fraction of sp³-hybridized carbons (Fsp3) is 0.0667. The van der Waals surface area contributed by atoms with E-state index in [1.165, 1.54) is 6.07 Å². The van der Waals surface area contributed by atoms with Gasteiger partial charge in [0.1, 0.15) is 11.6 Å². The summed E-state index contributed by atoms with van der Waals surface area (Å²) >= 11 is 5.85. The molecule has 3 rings (SSSR count). The first kappa shape index (κ1) is 13.6. The molecule has 1 heterocycles. The van der Waals surface area contributed by atoms with Crippen LogP contribution in [-0.2, 0) is 0 Å². The van der Waals surface area contributed by atoms with Crippen molar-refractivity contribution in [1.29, 1.82) is 0 Å². The molecule has 0 aliphatic rings. The predicted molar refractivity (Wildman–Crippen MR) is 83.5 cm³/mol. The van der Waals surface area contributed by atoms with Crippen LogP contribution < -0.4 is 11.5 Å². The van der Waals surface area contributed by atoms with Crippen LogP contribution in [0, 0.1) is 12.7 Å². The number of nitrogen functional groups attached to an aromatic ring is 2. The molecule has 0 spiro atoms. The average Bonchev–Trinajstić information content (AvgIpc) is 2.41. The fourth-order valence-electron chi connectivity index (χ4n) is 2.42. The number of hydrogen-bond acceptors (Lipinski definition) is 4. The molecule has 4 nitrogen and oxygen atoms in total. The van der Waals surface area contributed by atoms with E-state index in [9.17, 15) is 4.39 Å². The summed E-state index contributed by atoms with van der Waals surface area (Å²) in [6.45, 7) is 1.91. The zero-order chi connectivity index (χ0) is 15.1. The minimum atomic E-state index is -0.450. The van der Waals surface area contributed by atoms with Crippen LogP contribution in [0.3, 0.4) is 0 Å². The van der Waals surface area contributed by atoms with Crippen molar-refractivity contribution in [2.75, 3.05) is 11.5 Å². The number of rotatable bonds is 1. The van der Waals surface area contributed by atoms with E-state index in [2.05, 4.69) is 9.97 Å². The highest BCUT2D eigenvalue weighted by Gasteiger charge is 2.12. The molecule has 0 bridgehead atoms. The normalized spacial score (nSPS) is 11.0. The standard InChI is InChI=1S/C15H12ClFN4/c1-7-9(8-2-4-11(17)10(16)6-8)3-5-12-13(7)14(18)21-15(19)20-12/h2-6H,1H3,(H4,18,19,20,21). The van der Waals surface area contributed by atoms with Crippen molar-refractivity contribution in [2.24, 2.45) is 0 Å². The van der Waals surface area contributed by atoms with Crippen molar-refractivity contribution in [3.63, 3.8) is 0 Å². The van der Waals surface area contributed by atoms with Crippen LogP contribution in [0.2, 0.25) is 5.02 Å². The summed E-state index contributed by atoms with van der Waals surface area (Å²) in [6.07, 6.45) is 0. The van der Waals surface area contributed by atoms with Gasteiger partial charge in [0.05, 0.1) is 10.5 Å². The summed E-state index contributed by atoms with van der Waals surface area (Å²) in [5, 5.41) is 0.815. The second kappa shape index (κ2) is 4.86. The average molecular weight is 303 g/mol. The van der Waals surface area contributed by atoms with Crippen molar-refractivity contribution in [3.8, 4) is 11.1 Å². The van der Waals surface area contributed by atoms with Crippen LogP contribution >= 0.6 is 11.6 Å². The van der Waals surface area contributed by atoms with Gasteiger partial charge in [-0.2, -0.15) is 4.98 Å². The van der Waals surface area contributed by atoms with E-state index < -0.39 is 5.82 Å². The van der Waals surface area contributed by atoms with Crippen molar-refractivity contribution in [2.45, 2.75) is 6.92 Å². The molecule has 0 unspecified atom stereocenters. The van der Waals surface area contributed by atoms with E-state index in [1.54, 1.807) is 12.1 Å². The predicted octanol–water partition coefficient (Wildman–Crippen LogP) is 3.56. The quantitative estimate of drug-likeness (QED) is 0.720. The Labute approximate surface area is 125 Å². The highest BCUT2D eigenvalue weighted by Crippen LogP contribution is 2.33. The molecule has 0 aliphatic carbocycles. The SMILES string of the molecule is Cc1c(-c2ccc(F)c(Cl)c2)ccc2nc(N)nc(N)c12. The fourth-order valence-corrected chi connectivity index (χ4v) is 2.60. The van der Waals surface area contributed by atoms with Crippen molar-refractivity contribution in [3.05, 3.63) is 46.7 Å². The number of halogens is 2. The van der Waals surface area contributed by atoms with Gasteiger partial charge >= 0.3 is 0 Å². The molecule has 1 aromatic heterocycles. The van der Waals surface area contributed by atoms with Gasteiger partial charge in [-0.1, -0.05) is 23.7 Å². The summed E-state index contributed by atoms with van der Waals surface area (Å²) in [5.74, 6) is 0.0107. The van der Waals surface area contributed by atoms with Crippen molar-refractivity contribution in [1.82, 2.24) is 9.97 Å². The highest BCUT2D eigenvalue weighted by atomic mass is 35.5. The second-order valence-electron chi connectivity index (χ2n) is 4.73. The molecule has 0 radical (unpaired) electrons. The molecular weight excluding hydrogens is 291 g/mol. The lowest BCUT2D eigenvalue weighted by atomic mass is 9.97. The van der Waals surface area contributed by atoms with Crippen LogP contribution in [0.15, 0.2) is 30.3 Å². The number of anilines is 2. The lowest BCUT2D eigenvalue weighted by molar-refractivity contribution is 0.628. The molecule has 0 saturated carbocycles. The largest absolute Gasteiger partial charge is 0.383 e. The van der Waals surface area contributed by atoms with E-state index in [0.717, 1.165) is 22.1 Å². The Kier molecular flexibility index (Phi) is 3.14. The van der Waals surface area contributed by atoms with Crippen LogP contribution in [0.4, 0.5) is 16.2 Å². The van der Waals surface area contributed by atoms with Crippen LogP contribution in [0.5, 0.6) is 0 Å². The molecule has 2 aromatic carbocycles. The third-order valence-electron chi connectivity index (χ3n) is 3.40. The van der Waals surface area contributed by atoms with Gasteiger partial charge in [0.25, 0.3) is 0 Å². The molecule has 106 valence electrons. The number of hydrogen-bond donors (Lipinski definition) is 2. The Hall–Kier alpha value is -2.40. The Balaban J connectivity index is 2.29. The highest BCUT2D eigenvalue weighted by molar-refractivity contribution is 6.31. The van der Waals surface area contributed by atoms with Gasteiger partial charge in [0.2, 0.25) is 5.95 Å². The first-order valence-electron chi connectivity index (χ1n) is 6.25. The summed E-state index contributed by atoms with van der Waals surface area (Å²) in [4.78, 5) is 8.15. The number of nitrogens with two attached hydrogens (primary N) is 2. The van der Waals surface area contributed by atoms with Crippen LogP contribution in [0.25, 0.3) is 22.0 Å². The number of aryl methyl sites for hydroxylation is 1. The summed E-state index contributed by atoms with van der Waals surface area (Å²) in [6, 6.07) is 8.28. The van der Waals surface area contributed by atoms with E-state index in [0.29, 0.717) is 11.3 Å². The Morgan fingerprint density at radius 1 is 1.10 bits per heavy atom. The molecule has 21 heavy (non-hydrogen) atoms. The Bertz CT molecular complexity index is 864. The van der Waals surface area contributed by atoms with Gasteiger partial charge in [0.15, 0.2) is 0 Å². The van der Waals surface area contributed by atoms with Gasteiger partial charge in [-0.25, -0.2) is 9.37 Å². The number of benzene rings is 2. The zero-order valence-corrected chi connectivity index (χ0v) is 11.9. The third-order valence-corrected chi connectivity index (χ3v) is 3.69. The maximum atomic E-state index is 13.3. The maximum Gasteiger partial charge on any atom is 0.222 e. The lowest BCUT2D eigenvalue weighted by Crippen LogP contribution is -2.02. The van der Waals surface area contributed by atoms with Crippen molar-refractivity contribution >= 4 is 34.3 Å². The molecule has 0 fully saturated rings. The van der Waals surface area contributed by atoms with Gasteiger partial charge in [-0.05, 0) is 41.8 Å². The van der Waals surface area contributed by atoms with Crippen LogP contribution in [-0.4, -0.2) is 9.97 Å². The molecule has 0 amide bonds. The number of aromatic nitrogens is 2. The Morgan fingerprint density at radius 3 is 2.57 bits per heavy atom. The maximum absolute atomic E-state index is 13.3. The molecule has 0 atom stereocenters. The minimum Gasteiger partial charge on any atom is -0.383 e. The molecule has 0 aliphatic heterocycles. The van der Waals surface area contributed by atoms with Gasteiger partial charge in [0, 0.05) is 5.39 Å². The van der Waals surface area contributed by atoms with Gasteiger partial charge in [-0.3, -0.25) is 0 Å². The summed E-state index contributed by atoms with van der Waals surface area (Å²) in [5.41, 5.74) is 14.8. The van der Waals surface area contributed by atoms with E-state index >= 15 is 0 Å². The number of fused-ring (bicyclic) bond motifs is 1. The van der Waals surface area contributed by atoms with Crippen molar-refractivity contribution < 1.29 is 4.39 Å². The second-order valence-corrected chi connectivity index (χ2v) is 5.14. The molecule has 0 saturated heterocycles. The molecule has 6 heteroatoms. The third kappa shape index (κ3) is 2.25. The topological polar surface area (TPSA) is 77.8 Å². The monoisotopic (exact) mass is 302 g/mol. The van der Waals surface area contributed by atoms with E-state index in [-0.39, 0.29) is 11.0 Å². The number of nitrogens with zero attached hydrogens (tertiary/aromatic N) is 2. The first-order chi connectivity index (χ1) is 9.97. The van der Waals surface area contributed by atoms with Crippen LogP contribution in [0.1, 0.15) is 5.56 Å². The Morgan fingerprint density at radius 2 is 1.86 bits per heavy atom.